The number of nitrogens with zero attached hydrogens (tertiary/aromatic N) is 1. The molecule has 1 N–H and O–H groups in total. The van der Waals surface area contributed by atoms with Crippen molar-refractivity contribution in [3.8, 4) is 11.1 Å². The van der Waals surface area contributed by atoms with Crippen LogP contribution >= 0.6 is 0 Å². The quantitative estimate of drug-likeness (QED) is 0.736. The molecule has 0 aliphatic carbocycles. The van der Waals surface area contributed by atoms with E-state index in [4.69, 9.17) is 5.11 Å². The summed E-state index contributed by atoms with van der Waals surface area (Å²) in [5, 5.41) is 8.77. The average molecular weight is 387 g/mol. The number of benzene rings is 2. The summed E-state index contributed by atoms with van der Waals surface area (Å²) in [5.41, 5.74) is 0.462. The van der Waals surface area contributed by atoms with Crippen LogP contribution in [0.4, 0.5) is 13.2 Å². The van der Waals surface area contributed by atoms with Gasteiger partial charge in [0.1, 0.15) is 0 Å². The van der Waals surface area contributed by atoms with Crippen LogP contribution in [0.3, 0.4) is 0 Å². The van der Waals surface area contributed by atoms with Gasteiger partial charge in [-0.25, -0.2) is 12.7 Å². The lowest BCUT2D eigenvalue weighted by molar-refractivity contribution is -0.137. The van der Waals surface area contributed by atoms with E-state index in [0.29, 0.717) is 30.5 Å². The first-order chi connectivity index (χ1) is 12.2. The largest absolute Gasteiger partial charge is 0.416 e. The molecule has 0 aromatic heterocycles. The molecule has 0 atom stereocenters. The Bertz CT molecular complexity index is 816. The fourth-order valence-electron chi connectivity index (χ4n) is 2.42. The van der Waals surface area contributed by atoms with E-state index >= 15 is 0 Å². The summed E-state index contributed by atoms with van der Waals surface area (Å²) in [6.45, 7) is 0.305. The topological polar surface area (TPSA) is 57.6 Å². The zero-order chi connectivity index (χ0) is 19.4. The van der Waals surface area contributed by atoms with Crippen molar-refractivity contribution in [1.82, 2.24) is 4.31 Å². The van der Waals surface area contributed by atoms with Gasteiger partial charge in [0, 0.05) is 20.2 Å². The van der Waals surface area contributed by atoms with Crippen molar-refractivity contribution < 1.29 is 26.7 Å². The van der Waals surface area contributed by atoms with Crippen LogP contribution in [0.15, 0.2) is 53.4 Å². The maximum absolute atomic E-state index is 12.6. The number of halogens is 3. The van der Waals surface area contributed by atoms with Gasteiger partial charge in [0.2, 0.25) is 10.0 Å². The van der Waals surface area contributed by atoms with Crippen molar-refractivity contribution in [2.24, 2.45) is 0 Å². The van der Waals surface area contributed by atoms with E-state index in [1.54, 1.807) is 12.1 Å². The molecule has 2 rings (SSSR count). The van der Waals surface area contributed by atoms with Crippen LogP contribution in [0, 0.1) is 0 Å². The van der Waals surface area contributed by atoms with Gasteiger partial charge in [0.15, 0.2) is 0 Å². The minimum Gasteiger partial charge on any atom is -0.396 e. The molecule has 2 aromatic carbocycles. The van der Waals surface area contributed by atoms with E-state index in [2.05, 4.69) is 0 Å². The first kappa shape index (κ1) is 20.4. The van der Waals surface area contributed by atoms with Crippen molar-refractivity contribution in [3.63, 3.8) is 0 Å². The highest BCUT2D eigenvalue weighted by Gasteiger charge is 2.30. The predicted octanol–water partition coefficient (Wildman–Crippen LogP) is 3.77. The van der Waals surface area contributed by atoms with Crippen molar-refractivity contribution >= 4 is 10.0 Å². The smallest absolute Gasteiger partial charge is 0.396 e. The van der Waals surface area contributed by atoms with Gasteiger partial charge in [-0.1, -0.05) is 24.3 Å². The highest BCUT2D eigenvalue weighted by atomic mass is 32.2. The third-order valence-electron chi connectivity index (χ3n) is 3.99. The van der Waals surface area contributed by atoms with Crippen LogP contribution < -0.4 is 0 Å². The number of unbranched alkanes of at least 4 members (excludes halogenated alkanes) is 1. The zero-order valence-corrected chi connectivity index (χ0v) is 15.0. The highest BCUT2D eigenvalue weighted by Crippen LogP contribution is 2.31. The van der Waals surface area contributed by atoms with Gasteiger partial charge < -0.3 is 5.11 Å². The third kappa shape index (κ3) is 4.84. The lowest BCUT2D eigenvalue weighted by atomic mass is 10.0. The van der Waals surface area contributed by atoms with Crippen molar-refractivity contribution in [2.45, 2.75) is 23.9 Å². The lowest BCUT2D eigenvalue weighted by Crippen LogP contribution is -2.28. The van der Waals surface area contributed by atoms with E-state index in [9.17, 15) is 21.6 Å². The molecule has 0 heterocycles. The molecule has 0 bridgehead atoms. The average Bonchev–Trinajstić information content (AvgIpc) is 2.61. The number of aliphatic hydroxyl groups excluding tert-OH is 1. The molecular weight excluding hydrogens is 367 g/mol. The Hall–Kier alpha value is -1.90. The molecule has 0 spiro atoms. The Kier molecular flexibility index (Phi) is 6.44. The first-order valence-corrected chi connectivity index (χ1v) is 9.45. The van der Waals surface area contributed by atoms with Gasteiger partial charge in [-0.2, -0.15) is 13.2 Å². The lowest BCUT2D eigenvalue weighted by Gasteiger charge is -2.17. The molecule has 0 unspecified atom stereocenters. The number of sulfonamides is 1. The summed E-state index contributed by atoms with van der Waals surface area (Å²) in [5.74, 6) is 0. The number of hydrogen-bond acceptors (Lipinski definition) is 3. The Balaban J connectivity index is 2.17. The monoisotopic (exact) mass is 387 g/mol. The van der Waals surface area contributed by atoms with Crippen LogP contribution in [-0.4, -0.2) is 38.0 Å². The van der Waals surface area contributed by atoms with Crippen LogP contribution in [0.25, 0.3) is 11.1 Å². The van der Waals surface area contributed by atoms with Crippen LogP contribution in [0.1, 0.15) is 18.4 Å². The molecule has 2 aromatic rings. The molecule has 0 amide bonds. The summed E-state index contributed by atoms with van der Waals surface area (Å²) >= 11 is 0. The normalized spacial score (nSPS) is 12.5. The molecule has 0 saturated carbocycles. The maximum Gasteiger partial charge on any atom is 0.416 e. The summed E-state index contributed by atoms with van der Waals surface area (Å²) < 4.78 is 64.0. The minimum absolute atomic E-state index is 0.00964. The van der Waals surface area contributed by atoms with Gasteiger partial charge in [-0.3, -0.25) is 0 Å². The molecule has 26 heavy (non-hydrogen) atoms. The fraction of sp³-hybridized carbons (Fsp3) is 0.333. The minimum atomic E-state index is -4.39. The number of rotatable bonds is 7. The molecule has 0 aliphatic rings. The van der Waals surface area contributed by atoms with Crippen molar-refractivity contribution in [2.75, 3.05) is 20.2 Å². The zero-order valence-electron chi connectivity index (χ0n) is 14.2. The Labute approximate surface area is 150 Å². The number of aliphatic hydroxyl groups is 1. The van der Waals surface area contributed by atoms with Gasteiger partial charge in [0.25, 0.3) is 0 Å². The molecule has 0 aliphatic heterocycles. The highest BCUT2D eigenvalue weighted by molar-refractivity contribution is 7.89. The van der Waals surface area contributed by atoms with Crippen molar-refractivity contribution in [3.05, 3.63) is 54.1 Å². The van der Waals surface area contributed by atoms with Gasteiger partial charge in [0.05, 0.1) is 10.5 Å². The summed E-state index contributed by atoms with van der Waals surface area (Å²) in [7, 11) is -2.17. The summed E-state index contributed by atoms with van der Waals surface area (Å²) in [4.78, 5) is 0.111. The van der Waals surface area contributed by atoms with Gasteiger partial charge in [-0.05, 0) is 48.2 Å². The van der Waals surface area contributed by atoms with E-state index < -0.39 is 21.8 Å². The predicted molar refractivity (Wildman–Crippen MR) is 93.0 cm³/mol. The van der Waals surface area contributed by atoms with E-state index in [0.717, 1.165) is 12.1 Å². The van der Waals surface area contributed by atoms with Crippen LogP contribution in [0.2, 0.25) is 0 Å². The third-order valence-corrected chi connectivity index (χ3v) is 5.86. The molecule has 8 heteroatoms. The second-order valence-electron chi connectivity index (χ2n) is 5.86. The molecule has 0 saturated heterocycles. The SMILES string of the molecule is CN(CCCCO)S(=O)(=O)c1ccc(-c2ccc(C(F)(F)F)cc2)cc1. The van der Waals surface area contributed by atoms with E-state index in [1.807, 2.05) is 0 Å². The number of alkyl halides is 3. The summed E-state index contributed by atoms with van der Waals surface area (Å²) in [6.07, 6.45) is -3.32. The van der Waals surface area contributed by atoms with Crippen LogP contribution in [0.5, 0.6) is 0 Å². The maximum atomic E-state index is 12.6. The summed E-state index contributed by atoms with van der Waals surface area (Å²) in [6, 6.07) is 10.7. The molecule has 0 radical (unpaired) electrons. The van der Waals surface area contributed by atoms with Crippen LogP contribution in [-0.2, 0) is 16.2 Å². The standard InChI is InChI=1S/C18H20F3NO3S/c1-22(12-2-3-13-23)26(24,25)17-10-6-15(7-11-17)14-4-8-16(9-5-14)18(19,20)21/h4-11,23H,2-3,12-13H2,1H3. The fourth-order valence-corrected chi connectivity index (χ4v) is 3.63. The van der Waals surface area contributed by atoms with Gasteiger partial charge >= 0.3 is 6.18 Å². The first-order valence-electron chi connectivity index (χ1n) is 8.01. The van der Waals surface area contributed by atoms with Crippen molar-refractivity contribution in [1.29, 1.82) is 0 Å². The molecule has 0 fully saturated rings. The Morgan fingerprint density at radius 2 is 1.42 bits per heavy atom. The molecule has 4 nitrogen and oxygen atoms in total. The van der Waals surface area contributed by atoms with Gasteiger partial charge in [-0.15, -0.1) is 0 Å². The van der Waals surface area contributed by atoms with E-state index in [1.165, 1.54) is 35.6 Å². The molecule has 142 valence electrons. The molecular formula is C18H20F3NO3S. The number of hydrogen-bond donors (Lipinski definition) is 1. The second kappa shape index (κ2) is 8.20. The Morgan fingerprint density at radius 1 is 0.923 bits per heavy atom. The second-order valence-corrected chi connectivity index (χ2v) is 7.90. The Morgan fingerprint density at radius 3 is 1.88 bits per heavy atom. The van der Waals surface area contributed by atoms with E-state index in [-0.39, 0.29) is 11.5 Å².